The van der Waals surface area contributed by atoms with E-state index in [0.29, 0.717) is 15.2 Å². The van der Waals surface area contributed by atoms with E-state index in [1.807, 2.05) is 18.2 Å². The number of fused-ring (bicyclic) bond motifs is 1. The Bertz CT molecular complexity index is 1160. The molecule has 2 heterocycles. The molecule has 1 aliphatic rings. The minimum absolute atomic E-state index is 0.167. The minimum Gasteiger partial charge on any atom is -0.336 e. The highest BCUT2D eigenvalue weighted by molar-refractivity contribution is 7.22. The molecule has 142 valence electrons. The molecule has 0 unspecified atom stereocenters. The van der Waals surface area contributed by atoms with E-state index < -0.39 is 5.54 Å². The lowest BCUT2D eigenvalue weighted by Gasteiger charge is -2.22. The molecule has 0 spiro atoms. The van der Waals surface area contributed by atoms with Gasteiger partial charge in [-0.25, -0.2) is 4.98 Å². The molecule has 4 rings (SSSR count). The fourth-order valence-corrected chi connectivity index (χ4v) is 4.37. The Kier molecular flexibility index (Phi) is 4.69. The number of carbonyl (C=O) groups is 1. The molecule has 1 fully saturated rings. The Balaban J connectivity index is 1.59. The van der Waals surface area contributed by atoms with Crippen LogP contribution in [0.25, 0.3) is 20.7 Å². The molecule has 2 aromatic heterocycles. The van der Waals surface area contributed by atoms with Gasteiger partial charge in [-0.3, -0.25) is 14.2 Å². The van der Waals surface area contributed by atoms with Crippen molar-refractivity contribution in [1.29, 1.82) is 5.26 Å². The number of rotatable bonds is 5. The minimum atomic E-state index is -0.886. The number of aromatic nitrogens is 2. The van der Waals surface area contributed by atoms with E-state index in [1.165, 1.54) is 22.2 Å². The Hall–Kier alpha value is -2.69. The number of hydrogen-bond donors (Lipinski definition) is 1. The SMILES string of the molecule is C[C@@](C#N)(NC(=O)Cn1cnc2cc(-c3ccc(Cl)cc3)sc2c1=O)C1CC1. The number of nitriles is 1. The van der Waals surface area contributed by atoms with Gasteiger partial charge < -0.3 is 5.32 Å². The number of nitrogens with one attached hydrogen (secondary N) is 1. The lowest BCUT2D eigenvalue weighted by atomic mass is 9.98. The van der Waals surface area contributed by atoms with Crippen molar-refractivity contribution in [3.05, 3.63) is 52.0 Å². The van der Waals surface area contributed by atoms with Crippen molar-refractivity contribution < 1.29 is 4.79 Å². The van der Waals surface area contributed by atoms with Gasteiger partial charge in [0.2, 0.25) is 5.91 Å². The number of benzene rings is 1. The van der Waals surface area contributed by atoms with Crippen LogP contribution >= 0.6 is 22.9 Å². The third-order valence-corrected chi connectivity index (χ3v) is 6.38. The first kappa shape index (κ1) is 18.7. The van der Waals surface area contributed by atoms with Gasteiger partial charge in [0.25, 0.3) is 5.56 Å². The molecular formula is C20H17ClN4O2S. The highest BCUT2D eigenvalue weighted by Gasteiger charge is 2.43. The van der Waals surface area contributed by atoms with Crippen molar-refractivity contribution in [1.82, 2.24) is 14.9 Å². The van der Waals surface area contributed by atoms with E-state index in [0.717, 1.165) is 23.3 Å². The Morgan fingerprint density at radius 3 is 2.79 bits per heavy atom. The summed E-state index contributed by atoms with van der Waals surface area (Å²) in [6, 6.07) is 11.4. The highest BCUT2D eigenvalue weighted by atomic mass is 35.5. The smallest absolute Gasteiger partial charge is 0.271 e. The van der Waals surface area contributed by atoms with Crippen LogP contribution in [0.2, 0.25) is 5.02 Å². The van der Waals surface area contributed by atoms with Crippen LogP contribution in [0.5, 0.6) is 0 Å². The lowest BCUT2D eigenvalue weighted by Crippen LogP contribution is -2.48. The van der Waals surface area contributed by atoms with E-state index in [9.17, 15) is 14.9 Å². The number of carbonyl (C=O) groups excluding carboxylic acids is 1. The molecule has 1 aromatic carbocycles. The Morgan fingerprint density at radius 1 is 1.43 bits per heavy atom. The first-order chi connectivity index (χ1) is 13.4. The summed E-state index contributed by atoms with van der Waals surface area (Å²) < 4.78 is 1.77. The molecule has 1 N–H and O–H groups in total. The molecule has 3 aromatic rings. The second-order valence-electron chi connectivity index (χ2n) is 7.15. The summed E-state index contributed by atoms with van der Waals surface area (Å²) in [5.41, 5.74) is 0.389. The second-order valence-corrected chi connectivity index (χ2v) is 8.63. The maximum Gasteiger partial charge on any atom is 0.271 e. The number of halogens is 1. The summed E-state index contributed by atoms with van der Waals surface area (Å²) in [5, 5.41) is 12.8. The molecule has 0 saturated heterocycles. The number of amides is 1. The zero-order valence-corrected chi connectivity index (χ0v) is 16.7. The lowest BCUT2D eigenvalue weighted by molar-refractivity contribution is -0.123. The number of hydrogen-bond acceptors (Lipinski definition) is 5. The summed E-state index contributed by atoms with van der Waals surface area (Å²) in [6.45, 7) is 1.56. The standard InChI is InChI=1S/C20H17ClN4O2S/c1-20(10-22,13-4-5-13)24-17(26)9-25-11-23-15-8-16(28-18(15)19(25)27)12-2-6-14(21)7-3-12/h2-3,6-8,11,13H,4-5,9H2,1H3,(H,24,26)/t20-/m0/s1. The third-order valence-electron chi connectivity index (χ3n) is 4.97. The molecular weight excluding hydrogens is 396 g/mol. The Labute approximate surface area is 170 Å². The van der Waals surface area contributed by atoms with E-state index in [4.69, 9.17) is 11.6 Å². The van der Waals surface area contributed by atoms with Crippen LogP contribution in [0.1, 0.15) is 19.8 Å². The van der Waals surface area contributed by atoms with Crippen molar-refractivity contribution in [3.63, 3.8) is 0 Å². The summed E-state index contributed by atoms with van der Waals surface area (Å²) in [4.78, 5) is 30.5. The van der Waals surface area contributed by atoms with Gasteiger partial charge >= 0.3 is 0 Å². The topological polar surface area (TPSA) is 87.8 Å². The van der Waals surface area contributed by atoms with Gasteiger partial charge in [0.15, 0.2) is 0 Å². The average molecular weight is 413 g/mol. The highest BCUT2D eigenvalue weighted by Crippen LogP contribution is 2.39. The normalized spacial score (nSPS) is 15.8. The molecule has 6 nitrogen and oxygen atoms in total. The number of nitrogens with zero attached hydrogens (tertiary/aromatic N) is 3. The van der Waals surface area contributed by atoms with E-state index in [-0.39, 0.29) is 23.9 Å². The second kappa shape index (κ2) is 7.04. The fraction of sp³-hybridized carbons (Fsp3) is 0.300. The molecule has 1 amide bonds. The monoisotopic (exact) mass is 412 g/mol. The van der Waals surface area contributed by atoms with Gasteiger partial charge in [-0.2, -0.15) is 5.26 Å². The summed E-state index contributed by atoms with van der Waals surface area (Å²) in [5.74, 6) is -0.188. The van der Waals surface area contributed by atoms with Crippen LogP contribution in [0.3, 0.4) is 0 Å². The molecule has 1 atom stereocenters. The van der Waals surface area contributed by atoms with Gasteiger partial charge in [0.1, 0.15) is 16.8 Å². The summed E-state index contributed by atoms with van der Waals surface area (Å²) >= 11 is 7.27. The van der Waals surface area contributed by atoms with Crippen LogP contribution < -0.4 is 10.9 Å². The van der Waals surface area contributed by atoms with Gasteiger partial charge in [0.05, 0.1) is 17.9 Å². The fourth-order valence-electron chi connectivity index (χ4n) is 3.18. The number of thiophene rings is 1. The molecule has 28 heavy (non-hydrogen) atoms. The van der Waals surface area contributed by atoms with E-state index >= 15 is 0 Å². The van der Waals surface area contributed by atoms with Crippen molar-refractivity contribution >= 4 is 39.1 Å². The molecule has 0 radical (unpaired) electrons. The van der Waals surface area contributed by atoms with Crippen LogP contribution in [-0.2, 0) is 11.3 Å². The zero-order chi connectivity index (χ0) is 19.9. The van der Waals surface area contributed by atoms with Crippen molar-refractivity contribution in [3.8, 4) is 16.5 Å². The van der Waals surface area contributed by atoms with Crippen LogP contribution in [0.15, 0.2) is 41.5 Å². The van der Waals surface area contributed by atoms with Crippen molar-refractivity contribution in [2.45, 2.75) is 31.8 Å². The van der Waals surface area contributed by atoms with Gasteiger partial charge in [-0.05, 0) is 49.4 Å². The van der Waals surface area contributed by atoms with Crippen LogP contribution in [0, 0.1) is 17.2 Å². The van der Waals surface area contributed by atoms with Crippen molar-refractivity contribution in [2.24, 2.45) is 5.92 Å². The molecule has 1 saturated carbocycles. The van der Waals surface area contributed by atoms with Gasteiger partial charge in [-0.1, -0.05) is 23.7 Å². The van der Waals surface area contributed by atoms with Gasteiger partial charge in [-0.15, -0.1) is 11.3 Å². The quantitative estimate of drug-likeness (QED) is 0.693. The zero-order valence-electron chi connectivity index (χ0n) is 15.1. The third kappa shape index (κ3) is 3.53. The Morgan fingerprint density at radius 2 is 2.14 bits per heavy atom. The molecule has 0 aliphatic heterocycles. The van der Waals surface area contributed by atoms with E-state index in [2.05, 4.69) is 16.4 Å². The largest absolute Gasteiger partial charge is 0.336 e. The maximum absolute atomic E-state index is 12.8. The van der Waals surface area contributed by atoms with Crippen molar-refractivity contribution in [2.75, 3.05) is 0 Å². The molecule has 8 heteroatoms. The average Bonchev–Trinajstić information content (AvgIpc) is 3.45. The molecule has 1 aliphatic carbocycles. The van der Waals surface area contributed by atoms with Crippen LogP contribution in [-0.4, -0.2) is 21.0 Å². The first-order valence-corrected chi connectivity index (χ1v) is 10.1. The first-order valence-electron chi connectivity index (χ1n) is 8.87. The predicted molar refractivity (Wildman–Crippen MR) is 109 cm³/mol. The summed E-state index contributed by atoms with van der Waals surface area (Å²) in [6.07, 6.45) is 3.24. The predicted octanol–water partition coefficient (Wildman–Crippen LogP) is 3.59. The maximum atomic E-state index is 12.8. The van der Waals surface area contributed by atoms with Gasteiger partial charge in [0, 0.05) is 9.90 Å². The van der Waals surface area contributed by atoms with Crippen LogP contribution in [0.4, 0.5) is 0 Å². The molecule has 0 bridgehead atoms. The summed E-state index contributed by atoms with van der Waals surface area (Å²) in [7, 11) is 0. The van der Waals surface area contributed by atoms with E-state index in [1.54, 1.807) is 19.1 Å².